The molecule has 3 atom stereocenters. The summed E-state index contributed by atoms with van der Waals surface area (Å²) in [7, 11) is 0. The lowest BCUT2D eigenvalue weighted by molar-refractivity contribution is -0.101. The molecule has 0 N–H and O–H groups in total. The van der Waals surface area contributed by atoms with Crippen molar-refractivity contribution >= 4 is 11.3 Å². The maximum Gasteiger partial charge on any atom is 0.203 e. The Kier molecular flexibility index (Phi) is 9.30. The number of terminal acetylenes is 1. The van der Waals surface area contributed by atoms with Crippen LogP contribution in [0.5, 0.6) is 5.75 Å². The predicted molar refractivity (Wildman–Crippen MR) is 139 cm³/mol. The molecule has 0 saturated carbocycles. The highest BCUT2D eigenvalue weighted by atomic mass is 19.2. The van der Waals surface area contributed by atoms with Gasteiger partial charge in [0.25, 0.3) is 0 Å². The maximum absolute atomic E-state index is 13.8. The van der Waals surface area contributed by atoms with Gasteiger partial charge in [0.05, 0.1) is 37.9 Å². The standard InChI is InChI=1S/C28H28F2N4O4/c1-3-19(5-8-26-27(35)9-10-34(33-26)21-6-7-24(29)25(30)14-21)13-20(4-2)28-31-15-22(16-32-28)38-18-23-17-36-11-12-37-23/h1,4,6-7,9-10,13-16,23-25H,5,8,11-12,17-18H2,2H3. The molecule has 3 heterocycles. The van der Waals surface area contributed by atoms with Gasteiger partial charge in [-0.2, -0.15) is 5.10 Å². The molecule has 1 aliphatic carbocycles. The summed E-state index contributed by atoms with van der Waals surface area (Å²) in [4.78, 5) is 21.1. The van der Waals surface area contributed by atoms with Crippen molar-refractivity contribution in [3.8, 4) is 18.1 Å². The SMILES string of the molecule is C#CC(=CC(=CC)c1ncc(OCC2COCCO2)cn1)CCc1nn(C2=CC(F)C(F)C=C2)ccc1=O. The summed E-state index contributed by atoms with van der Waals surface area (Å²) in [5.41, 5.74) is 1.66. The lowest BCUT2D eigenvalue weighted by Gasteiger charge is -2.22. The van der Waals surface area contributed by atoms with Crippen molar-refractivity contribution in [3.05, 3.63) is 82.4 Å². The average Bonchev–Trinajstić information content (AvgIpc) is 2.95. The van der Waals surface area contributed by atoms with Crippen molar-refractivity contribution in [2.75, 3.05) is 26.4 Å². The van der Waals surface area contributed by atoms with Crippen LogP contribution < -0.4 is 10.2 Å². The molecule has 1 fully saturated rings. The van der Waals surface area contributed by atoms with Gasteiger partial charge in [0, 0.05) is 29.8 Å². The number of ether oxygens (including phenoxy) is 3. The number of rotatable bonds is 9. The maximum atomic E-state index is 13.8. The Balaban J connectivity index is 1.40. The van der Waals surface area contributed by atoms with Gasteiger partial charge in [-0.15, -0.1) is 6.42 Å². The smallest absolute Gasteiger partial charge is 0.203 e. The van der Waals surface area contributed by atoms with E-state index in [9.17, 15) is 13.6 Å². The molecular weight excluding hydrogens is 494 g/mol. The van der Waals surface area contributed by atoms with Gasteiger partial charge in [0.1, 0.15) is 18.4 Å². The molecule has 0 spiro atoms. The van der Waals surface area contributed by atoms with Crippen LogP contribution in [0.1, 0.15) is 24.9 Å². The molecule has 2 aliphatic rings. The first-order valence-corrected chi connectivity index (χ1v) is 12.2. The zero-order valence-electron chi connectivity index (χ0n) is 20.9. The highest BCUT2D eigenvalue weighted by molar-refractivity contribution is 5.71. The molecule has 38 heavy (non-hydrogen) atoms. The van der Waals surface area contributed by atoms with Gasteiger partial charge in [-0.05, 0) is 37.6 Å². The molecular formula is C28H28F2N4O4. The first kappa shape index (κ1) is 27.1. The molecule has 8 nitrogen and oxygen atoms in total. The zero-order chi connectivity index (χ0) is 26.9. The molecule has 1 saturated heterocycles. The summed E-state index contributed by atoms with van der Waals surface area (Å²) in [6.45, 7) is 3.81. The second-order valence-electron chi connectivity index (χ2n) is 8.59. The van der Waals surface area contributed by atoms with Gasteiger partial charge in [-0.25, -0.2) is 23.4 Å². The molecule has 1 aliphatic heterocycles. The van der Waals surface area contributed by atoms with E-state index in [1.165, 1.54) is 23.0 Å². The Bertz CT molecular complexity index is 1340. The van der Waals surface area contributed by atoms with E-state index in [1.807, 2.05) is 13.0 Å². The second-order valence-corrected chi connectivity index (χ2v) is 8.59. The lowest BCUT2D eigenvalue weighted by atomic mass is 10.0. The molecule has 0 bridgehead atoms. The Hall–Kier alpha value is -3.94. The number of hydrogen-bond donors (Lipinski definition) is 0. The Morgan fingerprint density at radius 2 is 2.11 bits per heavy atom. The molecule has 198 valence electrons. The number of aromatic nitrogens is 4. The van der Waals surface area contributed by atoms with Crippen molar-refractivity contribution in [2.45, 2.75) is 38.2 Å². The molecule has 0 amide bonds. The number of alkyl halides is 2. The van der Waals surface area contributed by atoms with Crippen LogP contribution in [0.15, 0.2) is 65.4 Å². The minimum Gasteiger partial charge on any atom is -0.488 e. The fraction of sp³-hybridized carbons (Fsp3) is 0.357. The number of nitrogens with zero attached hydrogens (tertiary/aromatic N) is 4. The van der Waals surface area contributed by atoms with Crippen molar-refractivity contribution < 1.29 is 23.0 Å². The summed E-state index contributed by atoms with van der Waals surface area (Å²) in [6, 6.07) is 1.34. The molecule has 0 aromatic carbocycles. The summed E-state index contributed by atoms with van der Waals surface area (Å²) in [5.74, 6) is 3.62. The van der Waals surface area contributed by atoms with Crippen LogP contribution in [0.3, 0.4) is 0 Å². The molecule has 0 radical (unpaired) electrons. The van der Waals surface area contributed by atoms with Crippen LogP contribution in [-0.4, -0.2) is 64.6 Å². The van der Waals surface area contributed by atoms with Crippen molar-refractivity contribution in [1.29, 1.82) is 0 Å². The van der Waals surface area contributed by atoms with Crippen LogP contribution in [0.4, 0.5) is 8.78 Å². The minimum atomic E-state index is -1.77. The van der Waals surface area contributed by atoms with Crippen LogP contribution in [0, 0.1) is 12.3 Å². The van der Waals surface area contributed by atoms with Crippen LogP contribution in [-0.2, 0) is 15.9 Å². The predicted octanol–water partition coefficient (Wildman–Crippen LogP) is 3.51. The summed E-state index contributed by atoms with van der Waals surface area (Å²) in [5, 5.41) is 4.31. The molecule has 10 heteroatoms. The normalized spacial score (nSPS) is 22.1. The first-order valence-electron chi connectivity index (χ1n) is 12.2. The number of hydrogen-bond acceptors (Lipinski definition) is 7. The summed E-state index contributed by atoms with van der Waals surface area (Å²) >= 11 is 0. The van der Waals surface area contributed by atoms with Gasteiger partial charge >= 0.3 is 0 Å². The first-order chi connectivity index (χ1) is 18.5. The van der Waals surface area contributed by atoms with E-state index in [0.717, 1.165) is 12.2 Å². The van der Waals surface area contributed by atoms with E-state index < -0.39 is 12.3 Å². The fourth-order valence-electron chi connectivity index (χ4n) is 3.79. The number of allylic oxidation sites excluding steroid dienone is 8. The third kappa shape index (κ3) is 7.09. The Labute approximate surface area is 219 Å². The molecule has 3 unspecified atom stereocenters. The van der Waals surface area contributed by atoms with E-state index in [0.29, 0.717) is 61.3 Å². The average molecular weight is 523 g/mol. The van der Waals surface area contributed by atoms with Crippen molar-refractivity contribution in [2.24, 2.45) is 0 Å². The van der Waals surface area contributed by atoms with Gasteiger partial charge in [0.15, 0.2) is 23.9 Å². The third-order valence-corrected chi connectivity index (χ3v) is 5.89. The highest BCUT2D eigenvalue weighted by Gasteiger charge is 2.20. The van der Waals surface area contributed by atoms with E-state index in [1.54, 1.807) is 18.5 Å². The fourth-order valence-corrected chi connectivity index (χ4v) is 3.79. The Morgan fingerprint density at radius 3 is 2.79 bits per heavy atom. The molecule has 4 rings (SSSR count). The third-order valence-electron chi connectivity index (χ3n) is 5.89. The largest absolute Gasteiger partial charge is 0.488 e. The van der Waals surface area contributed by atoms with E-state index in [-0.39, 0.29) is 23.6 Å². The monoisotopic (exact) mass is 522 g/mol. The van der Waals surface area contributed by atoms with E-state index in [4.69, 9.17) is 20.6 Å². The van der Waals surface area contributed by atoms with Gasteiger partial charge in [-0.3, -0.25) is 4.79 Å². The summed E-state index contributed by atoms with van der Waals surface area (Å²) in [6.07, 6.45) is 14.7. The number of halogens is 2. The van der Waals surface area contributed by atoms with Gasteiger partial charge < -0.3 is 14.2 Å². The summed E-state index contributed by atoms with van der Waals surface area (Å²) < 4.78 is 45.1. The second kappa shape index (κ2) is 13.0. The van der Waals surface area contributed by atoms with Crippen LogP contribution in [0.25, 0.3) is 11.3 Å². The molecule has 2 aromatic rings. The lowest BCUT2D eigenvalue weighted by Crippen LogP contribution is -2.33. The van der Waals surface area contributed by atoms with E-state index >= 15 is 0 Å². The van der Waals surface area contributed by atoms with E-state index in [2.05, 4.69) is 21.0 Å². The van der Waals surface area contributed by atoms with Crippen LogP contribution >= 0.6 is 0 Å². The van der Waals surface area contributed by atoms with Gasteiger partial charge in [-0.1, -0.05) is 12.0 Å². The molecule has 2 aromatic heterocycles. The zero-order valence-corrected chi connectivity index (χ0v) is 20.9. The van der Waals surface area contributed by atoms with Gasteiger partial charge in [0.2, 0.25) is 5.43 Å². The Morgan fingerprint density at radius 1 is 1.29 bits per heavy atom. The number of aryl methyl sites for hydroxylation is 1. The van der Waals surface area contributed by atoms with Crippen molar-refractivity contribution in [3.63, 3.8) is 0 Å². The van der Waals surface area contributed by atoms with Crippen molar-refractivity contribution in [1.82, 2.24) is 19.7 Å². The quantitative estimate of drug-likeness (QED) is 0.368. The highest BCUT2D eigenvalue weighted by Crippen LogP contribution is 2.20. The van der Waals surface area contributed by atoms with Crippen LogP contribution in [0.2, 0.25) is 0 Å². The minimum absolute atomic E-state index is 0.127. The topological polar surface area (TPSA) is 88.4 Å².